The minimum atomic E-state index is -0.585. The van der Waals surface area contributed by atoms with Crippen LogP contribution in [0, 0.1) is 0 Å². The number of rotatable bonds is 5. The Bertz CT molecular complexity index is 601. The van der Waals surface area contributed by atoms with Crippen LogP contribution in [0.1, 0.15) is 12.5 Å². The maximum absolute atomic E-state index is 12.3. The molecule has 110 valence electrons. The first kappa shape index (κ1) is 15.4. The van der Waals surface area contributed by atoms with Crippen molar-refractivity contribution in [3.63, 3.8) is 0 Å². The molecule has 1 amide bonds. The number of likely N-dealkylation sites (N-methyl/N-ethyl adjacent to an activating group) is 1. The smallest absolute Gasteiger partial charge is 0.263 e. The summed E-state index contributed by atoms with van der Waals surface area (Å²) in [5.74, 6) is 0.437. The number of amides is 1. The van der Waals surface area contributed by atoms with Crippen molar-refractivity contribution in [2.24, 2.45) is 0 Å². The van der Waals surface area contributed by atoms with Gasteiger partial charge in [-0.15, -0.1) is 0 Å². The number of nitrogens with zero attached hydrogens (tertiary/aromatic N) is 1. The number of halogens is 1. The van der Waals surface area contributed by atoms with E-state index in [1.807, 2.05) is 42.5 Å². The van der Waals surface area contributed by atoms with Crippen LogP contribution in [0.2, 0.25) is 5.02 Å². The van der Waals surface area contributed by atoms with E-state index in [0.29, 0.717) is 17.3 Å². The normalized spacial score (nSPS) is 11.8. The van der Waals surface area contributed by atoms with E-state index in [9.17, 15) is 4.79 Å². The quantitative estimate of drug-likeness (QED) is 0.841. The van der Waals surface area contributed by atoms with Gasteiger partial charge in [-0.05, 0) is 24.6 Å². The third-order valence-corrected chi connectivity index (χ3v) is 3.44. The lowest BCUT2D eigenvalue weighted by Crippen LogP contribution is -2.37. The lowest BCUT2D eigenvalue weighted by molar-refractivity contribution is -0.137. The molecule has 0 bridgehead atoms. The molecule has 0 saturated heterocycles. The second kappa shape index (κ2) is 7.14. The van der Waals surface area contributed by atoms with Crippen LogP contribution in [-0.2, 0) is 11.3 Å². The lowest BCUT2D eigenvalue weighted by Gasteiger charge is -2.22. The Labute approximate surface area is 130 Å². The first-order valence-electron chi connectivity index (χ1n) is 6.78. The van der Waals surface area contributed by atoms with E-state index in [1.165, 1.54) is 0 Å². The van der Waals surface area contributed by atoms with Crippen LogP contribution in [0.4, 0.5) is 0 Å². The van der Waals surface area contributed by atoms with E-state index in [1.54, 1.807) is 31.0 Å². The summed E-state index contributed by atoms with van der Waals surface area (Å²) < 4.78 is 5.64. The first-order valence-corrected chi connectivity index (χ1v) is 7.16. The van der Waals surface area contributed by atoms with Gasteiger partial charge < -0.3 is 9.64 Å². The zero-order valence-electron chi connectivity index (χ0n) is 12.1. The van der Waals surface area contributed by atoms with Crippen molar-refractivity contribution in [1.82, 2.24) is 4.90 Å². The molecular formula is C17H18ClNO2. The summed E-state index contributed by atoms with van der Waals surface area (Å²) in [6, 6.07) is 17.0. The molecule has 0 heterocycles. The van der Waals surface area contributed by atoms with Crippen molar-refractivity contribution in [2.75, 3.05) is 7.05 Å². The molecule has 0 spiro atoms. The highest BCUT2D eigenvalue weighted by molar-refractivity contribution is 6.32. The van der Waals surface area contributed by atoms with Crippen molar-refractivity contribution in [1.29, 1.82) is 0 Å². The minimum absolute atomic E-state index is 0.0845. The summed E-state index contributed by atoms with van der Waals surface area (Å²) >= 11 is 6.03. The second-order valence-corrected chi connectivity index (χ2v) is 5.28. The maximum atomic E-state index is 12.3. The summed E-state index contributed by atoms with van der Waals surface area (Å²) in [6.45, 7) is 2.28. The van der Waals surface area contributed by atoms with Crippen molar-refractivity contribution < 1.29 is 9.53 Å². The van der Waals surface area contributed by atoms with Gasteiger partial charge in [0, 0.05) is 13.6 Å². The van der Waals surface area contributed by atoms with Gasteiger partial charge in [-0.2, -0.15) is 0 Å². The Balaban J connectivity index is 1.97. The first-order chi connectivity index (χ1) is 10.1. The number of carbonyl (C=O) groups excluding carboxylic acids is 1. The molecular weight excluding hydrogens is 286 g/mol. The van der Waals surface area contributed by atoms with Gasteiger partial charge in [-0.25, -0.2) is 0 Å². The number of carbonyl (C=O) groups is 1. The van der Waals surface area contributed by atoms with Crippen molar-refractivity contribution in [3.05, 3.63) is 65.2 Å². The van der Waals surface area contributed by atoms with Crippen molar-refractivity contribution in [3.8, 4) is 5.75 Å². The van der Waals surface area contributed by atoms with E-state index >= 15 is 0 Å². The van der Waals surface area contributed by atoms with Crippen LogP contribution < -0.4 is 4.74 Å². The molecule has 0 aliphatic carbocycles. The predicted octanol–water partition coefficient (Wildman–Crippen LogP) is 3.77. The lowest BCUT2D eigenvalue weighted by atomic mass is 10.2. The van der Waals surface area contributed by atoms with E-state index in [-0.39, 0.29) is 5.91 Å². The van der Waals surface area contributed by atoms with Crippen LogP contribution >= 0.6 is 11.6 Å². The van der Waals surface area contributed by atoms with E-state index in [4.69, 9.17) is 16.3 Å². The highest BCUT2D eigenvalue weighted by Gasteiger charge is 2.20. The largest absolute Gasteiger partial charge is 0.479 e. The van der Waals surface area contributed by atoms with Crippen LogP contribution in [0.5, 0.6) is 5.75 Å². The Morgan fingerprint density at radius 2 is 1.76 bits per heavy atom. The van der Waals surface area contributed by atoms with E-state index in [2.05, 4.69) is 0 Å². The van der Waals surface area contributed by atoms with Crippen LogP contribution in [-0.4, -0.2) is 24.0 Å². The highest BCUT2D eigenvalue weighted by atomic mass is 35.5. The average Bonchev–Trinajstić information content (AvgIpc) is 2.49. The molecule has 0 unspecified atom stereocenters. The summed E-state index contributed by atoms with van der Waals surface area (Å²) in [5, 5.41) is 0.503. The molecule has 0 aromatic heterocycles. The number of benzene rings is 2. The zero-order valence-corrected chi connectivity index (χ0v) is 12.9. The number of hydrogen-bond acceptors (Lipinski definition) is 2. The average molecular weight is 304 g/mol. The molecule has 0 N–H and O–H groups in total. The third kappa shape index (κ3) is 4.23. The maximum Gasteiger partial charge on any atom is 0.263 e. The fraction of sp³-hybridized carbons (Fsp3) is 0.235. The number of hydrogen-bond donors (Lipinski definition) is 0. The van der Waals surface area contributed by atoms with Crippen LogP contribution in [0.3, 0.4) is 0 Å². The highest BCUT2D eigenvalue weighted by Crippen LogP contribution is 2.24. The Morgan fingerprint density at radius 1 is 1.14 bits per heavy atom. The molecule has 2 aromatic carbocycles. The summed E-state index contributed by atoms with van der Waals surface area (Å²) in [4.78, 5) is 14.0. The van der Waals surface area contributed by atoms with Gasteiger partial charge in [0.1, 0.15) is 5.75 Å². The Morgan fingerprint density at radius 3 is 2.43 bits per heavy atom. The molecule has 0 aliphatic heterocycles. The van der Waals surface area contributed by atoms with Gasteiger partial charge in [-0.3, -0.25) is 4.79 Å². The fourth-order valence-corrected chi connectivity index (χ4v) is 2.21. The Hall–Kier alpha value is -2.00. The minimum Gasteiger partial charge on any atom is -0.479 e. The molecule has 0 radical (unpaired) electrons. The standard InChI is InChI=1S/C17H18ClNO2/c1-13(21-16-11-7-6-10-15(16)18)17(20)19(2)12-14-8-4-3-5-9-14/h3-11,13H,12H2,1-2H3/t13-/m1/s1. The molecule has 2 rings (SSSR count). The fourth-order valence-electron chi connectivity index (χ4n) is 2.03. The number of para-hydroxylation sites is 1. The number of ether oxygens (including phenoxy) is 1. The second-order valence-electron chi connectivity index (χ2n) is 4.87. The molecule has 0 fully saturated rings. The summed E-state index contributed by atoms with van der Waals surface area (Å²) in [7, 11) is 1.77. The molecule has 21 heavy (non-hydrogen) atoms. The van der Waals surface area contributed by atoms with Gasteiger partial charge in [0.25, 0.3) is 5.91 Å². The summed E-state index contributed by atoms with van der Waals surface area (Å²) in [5.41, 5.74) is 1.08. The van der Waals surface area contributed by atoms with Gasteiger partial charge in [0.05, 0.1) is 5.02 Å². The zero-order chi connectivity index (χ0) is 15.2. The Kier molecular flexibility index (Phi) is 5.23. The van der Waals surface area contributed by atoms with E-state index < -0.39 is 6.10 Å². The monoisotopic (exact) mass is 303 g/mol. The third-order valence-electron chi connectivity index (χ3n) is 3.13. The van der Waals surface area contributed by atoms with Gasteiger partial charge in [0.2, 0.25) is 0 Å². The molecule has 1 atom stereocenters. The van der Waals surface area contributed by atoms with Gasteiger partial charge >= 0.3 is 0 Å². The van der Waals surface area contributed by atoms with Crippen LogP contribution in [0.15, 0.2) is 54.6 Å². The van der Waals surface area contributed by atoms with E-state index in [0.717, 1.165) is 5.56 Å². The molecule has 0 aliphatic rings. The molecule has 4 heteroatoms. The van der Waals surface area contributed by atoms with Gasteiger partial charge in [0.15, 0.2) is 6.10 Å². The molecule has 3 nitrogen and oxygen atoms in total. The molecule has 0 saturated carbocycles. The topological polar surface area (TPSA) is 29.5 Å². The van der Waals surface area contributed by atoms with Gasteiger partial charge in [-0.1, -0.05) is 54.1 Å². The predicted molar refractivity (Wildman–Crippen MR) is 84.5 cm³/mol. The molecule has 2 aromatic rings. The summed E-state index contributed by atoms with van der Waals surface area (Å²) in [6.07, 6.45) is -0.585. The van der Waals surface area contributed by atoms with Crippen molar-refractivity contribution in [2.45, 2.75) is 19.6 Å². The SMILES string of the molecule is C[C@@H](Oc1ccccc1Cl)C(=O)N(C)Cc1ccccc1. The van der Waals surface area contributed by atoms with Crippen LogP contribution in [0.25, 0.3) is 0 Å². The van der Waals surface area contributed by atoms with Crippen molar-refractivity contribution >= 4 is 17.5 Å².